The van der Waals surface area contributed by atoms with E-state index in [1.54, 1.807) is 6.07 Å². The number of aryl methyl sites for hydroxylation is 1. The van der Waals surface area contributed by atoms with Gasteiger partial charge in [-0.3, -0.25) is 18.8 Å². The van der Waals surface area contributed by atoms with E-state index in [1.165, 1.54) is 5.56 Å². The second-order valence-corrected chi connectivity index (χ2v) is 13.6. The maximum absolute atomic E-state index is 13.4. The van der Waals surface area contributed by atoms with Gasteiger partial charge < -0.3 is 20.3 Å². The van der Waals surface area contributed by atoms with E-state index >= 15 is 0 Å². The molecule has 0 bridgehead atoms. The molecular weight excluding hydrogens is 630 g/mol. The molecule has 0 saturated heterocycles. The third-order valence-corrected chi connectivity index (χ3v) is 9.22. The van der Waals surface area contributed by atoms with Crippen molar-refractivity contribution in [2.24, 2.45) is 0 Å². The van der Waals surface area contributed by atoms with Gasteiger partial charge in [-0.1, -0.05) is 36.4 Å². The van der Waals surface area contributed by atoms with Crippen LogP contribution in [0.15, 0.2) is 73.1 Å². The van der Waals surface area contributed by atoms with Gasteiger partial charge in [0, 0.05) is 55.6 Å². The fourth-order valence-electron chi connectivity index (χ4n) is 5.85. The number of carbonyl (C=O) groups excluding carboxylic acids is 2. The molecule has 4 aromatic rings. The second-order valence-electron chi connectivity index (χ2n) is 12.0. The summed E-state index contributed by atoms with van der Waals surface area (Å²) in [6, 6.07) is 19.4. The maximum Gasteiger partial charge on any atom is 0.266 e. The lowest BCUT2D eigenvalue weighted by Gasteiger charge is -2.31. The molecule has 48 heavy (non-hydrogen) atoms. The molecule has 0 saturated carbocycles. The van der Waals surface area contributed by atoms with E-state index in [1.807, 2.05) is 71.4 Å². The van der Waals surface area contributed by atoms with Gasteiger partial charge in [-0.25, -0.2) is 0 Å². The van der Waals surface area contributed by atoms with Crippen molar-refractivity contribution in [2.75, 3.05) is 43.4 Å². The summed E-state index contributed by atoms with van der Waals surface area (Å²) >= 11 is 0. The lowest BCUT2D eigenvalue weighted by Crippen LogP contribution is -2.35. The van der Waals surface area contributed by atoms with E-state index in [2.05, 4.69) is 34.8 Å². The highest BCUT2D eigenvalue weighted by molar-refractivity contribution is 7.85. The summed E-state index contributed by atoms with van der Waals surface area (Å²) < 4.78 is 38.2. The van der Waals surface area contributed by atoms with Gasteiger partial charge in [0.1, 0.15) is 5.75 Å². The molecule has 0 atom stereocenters. The van der Waals surface area contributed by atoms with Gasteiger partial charge in [0.2, 0.25) is 5.91 Å². The monoisotopic (exact) mass is 673 g/mol. The summed E-state index contributed by atoms with van der Waals surface area (Å²) in [7, 11) is -4.01. The predicted octanol–water partition coefficient (Wildman–Crippen LogP) is 4.56. The molecule has 3 N–H and O–H groups in total. The van der Waals surface area contributed by atoms with Crippen molar-refractivity contribution >= 4 is 27.6 Å². The number of hydrogen-bond acceptors (Lipinski definition) is 7. The summed E-state index contributed by atoms with van der Waals surface area (Å²) in [6.07, 6.45) is 6.65. The number of hydrogen-bond donors (Lipinski definition) is 3. The Bertz CT molecular complexity index is 1860. The number of ether oxygens (including phenoxy) is 1. The molecule has 0 fully saturated rings. The lowest BCUT2D eigenvalue weighted by molar-refractivity contribution is -0.118. The van der Waals surface area contributed by atoms with E-state index in [-0.39, 0.29) is 24.1 Å². The van der Waals surface area contributed by atoms with Crippen molar-refractivity contribution in [1.82, 2.24) is 20.4 Å². The molecule has 1 aliphatic rings. The summed E-state index contributed by atoms with van der Waals surface area (Å²) in [5.41, 5.74) is 7.88. The van der Waals surface area contributed by atoms with Crippen LogP contribution in [0.4, 0.5) is 5.69 Å². The number of anilines is 1. The van der Waals surface area contributed by atoms with Crippen molar-refractivity contribution in [2.45, 2.75) is 46.1 Å². The minimum Gasteiger partial charge on any atom is -0.493 e. The Morgan fingerprint density at radius 1 is 1.02 bits per heavy atom. The van der Waals surface area contributed by atoms with Gasteiger partial charge in [0.15, 0.2) is 0 Å². The minimum absolute atomic E-state index is 0.100. The van der Waals surface area contributed by atoms with E-state index in [4.69, 9.17) is 9.29 Å². The van der Waals surface area contributed by atoms with Crippen molar-refractivity contribution in [3.8, 4) is 16.9 Å². The van der Waals surface area contributed by atoms with Gasteiger partial charge in [-0.15, -0.1) is 0 Å². The molecule has 1 aromatic heterocycles. The average molecular weight is 674 g/mol. The highest BCUT2D eigenvalue weighted by Crippen LogP contribution is 2.36. The van der Waals surface area contributed by atoms with Crippen LogP contribution in [-0.2, 0) is 27.9 Å². The molecule has 0 spiro atoms. The van der Waals surface area contributed by atoms with Gasteiger partial charge >= 0.3 is 0 Å². The predicted molar refractivity (Wildman–Crippen MR) is 186 cm³/mol. The Morgan fingerprint density at radius 2 is 1.83 bits per heavy atom. The van der Waals surface area contributed by atoms with Gasteiger partial charge in [-0.2, -0.15) is 13.5 Å². The van der Waals surface area contributed by atoms with Crippen LogP contribution in [0.1, 0.15) is 51.9 Å². The number of fused-ring (bicyclic) bond motifs is 1. The van der Waals surface area contributed by atoms with Crippen LogP contribution in [-0.4, -0.2) is 73.1 Å². The zero-order valence-electron chi connectivity index (χ0n) is 27.4. The summed E-state index contributed by atoms with van der Waals surface area (Å²) in [5.74, 6) is 0.353. The third-order valence-electron chi connectivity index (χ3n) is 8.50. The van der Waals surface area contributed by atoms with Crippen LogP contribution in [0.2, 0.25) is 0 Å². The van der Waals surface area contributed by atoms with E-state index in [0.29, 0.717) is 51.2 Å². The molecule has 0 unspecified atom stereocenters. The highest BCUT2D eigenvalue weighted by atomic mass is 32.2. The number of aromatic nitrogens is 2. The number of nitrogens with one attached hydrogen (secondary N) is 2. The molecule has 1 aliphatic heterocycles. The normalized spacial score (nSPS) is 12.9. The number of benzene rings is 3. The first-order valence-electron chi connectivity index (χ1n) is 16.3. The zero-order chi connectivity index (χ0) is 34.1. The summed E-state index contributed by atoms with van der Waals surface area (Å²) in [5, 5.41) is 10.3. The number of nitrogens with zero attached hydrogens (tertiary/aromatic N) is 3. The zero-order valence-corrected chi connectivity index (χ0v) is 28.3. The van der Waals surface area contributed by atoms with Gasteiger partial charge in [0.25, 0.3) is 16.0 Å². The first-order valence-corrected chi connectivity index (χ1v) is 17.9. The van der Waals surface area contributed by atoms with Crippen LogP contribution in [0.3, 0.4) is 0 Å². The molecule has 3 aromatic carbocycles. The Kier molecular flexibility index (Phi) is 11.6. The van der Waals surface area contributed by atoms with Crippen LogP contribution < -0.4 is 20.3 Å². The average Bonchev–Trinajstić information content (AvgIpc) is 3.53. The second kappa shape index (κ2) is 16.1. The summed E-state index contributed by atoms with van der Waals surface area (Å²) in [4.78, 5) is 27.9. The van der Waals surface area contributed by atoms with Gasteiger partial charge in [-0.05, 0) is 85.2 Å². The minimum atomic E-state index is -4.01. The molecule has 0 aliphatic carbocycles. The quantitative estimate of drug-likeness (QED) is 0.123. The van der Waals surface area contributed by atoms with Crippen LogP contribution in [0, 0.1) is 13.8 Å². The Labute approximate surface area is 282 Å². The lowest BCUT2D eigenvalue weighted by atomic mass is 9.93. The summed E-state index contributed by atoms with van der Waals surface area (Å²) in [6.45, 7) is 6.55. The number of amides is 2. The van der Waals surface area contributed by atoms with Crippen molar-refractivity contribution in [3.05, 3.63) is 101 Å². The molecule has 2 amide bonds. The number of carbonyl (C=O) groups is 2. The molecular formula is C36H43N5O6S. The number of rotatable bonds is 15. The highest BCUT2D eigenvalue weighted by Gasteiger charge is 2.25. The van der Waals surface area contributed by atoms with E-state index in [9.17, 15) is 18.0 Å². The fourth-order valence-corrected chi connectivity index (χ4v) is 6.26. The molecule has 5 rings (SSSR count). The van der Waals surface area contributed by atoms with Gasteiger partial charge in [0.05, 0.1) is 25.1 Å². The smallest absolute Gasteiger partial charge is 0.266 e. The maximum atomic E-state index is 13.4. The topological polar surface area (TPSA) is 143 Å². The van der Waals surface area contributed by atoms with Crippen molar-refractivity contribution < 1.29 is 27.3 Å². The molecule has 11 nitrogen and oxygen atoms in total. The van der Waals surface area contributed by atoms with Crippen LogP contribution in [0.25, 0.3) is 11.1 Å². The Hall–Kier alpha value is -4.52. The van der Waals surface area contributed by atoms with E-state index in [0.717, 1.165) is 52.1 Å². The van der Waals surface area contributed by atoms with Crippen LogP contribution >= 0.6 is 0 Å². The standard InChI is InChI=1S/C36H43N5O6S/c1-26-8-3-14-34(27(26)2)47-20-7-15-35(42)41-19-6-12-32-31(11-5-13-33(32)41)30-23-39-40(25-30)24-28-9-4-10-29(22-28)36(43)38-17-16-37-18-21-48(44,45)46/h3-5,8-11,13-14,22-23,25,37H,6-7,12,15-21,24H2,1-2H3,(H,38,43)(H,44,45,46). The molecule has 254 valence electrons. The largest absolute Gasteiger partial charge is 0.493 e. The fraction of sp³-hybridized carbons (Fsp3) is 0.361. The van der Waals surface area contributed by atoms with Crippen molar-refractivity contribution in [1.29, 1.82) is 0 Å². The molecule has 2 heterocycles. The molecule has 0 radical (unpaired) electrons. The Balaban J connectivity index is 1.17. The third kappa shape index (κ3) is 9.30. The molecule has 12 heteroatoms. The van der Waals surface area contributed by atoms with Crippen LogP contribution in [0.5, 0.6) is 5.75 Å². The Morgan fingerprint density at radius 3 is 2.67 bits per heavy atom. The van der Waals surface area contributed by atoms with E-state index < -0.39 is 10.1 Å². The first-order chi connectivity index (χ1) is 23.1. The SMILES string of the molecule is Cc1cccc(OCCCC(=O)N2CCCc3c(-c4cnn(Cc5cccc(C(=O)NCCNCCS(=O)(=O)O)c5)c4)cccc32)c1C. The first kappa shape index (κ1) is 34.8. The van der Waals surface area contributed by atoms with Crippen molar-refractivity contribution in [3.63, 3.8) is 0 Å².